The largest absolute Gasteiger partial charge is 0.480 e. The molecule has 1 aromatic rings. The van der Waals surface area contributed by atoms with Gasteiger partial charge in [0.25, 0.3) is 0 Å². The lowest BCUT2D eigenvalue weighted by Crippen LogP contribution is -2.40. The summed E-state index contributed by atoms with van der Waals surface area (Å²) in [5, 5.41) is 11.6. The summed E-state index contributed by atoms with van der Waals surface area (Å²) >= 11 is 1.54. The molecule has 0 aromatic heterocycles. The number of carboxylic acid groups (broad SMARTS) is 1. The summed E-state index contributed by atoms with van der Waals surface area (Å²) in [4.78, 5) is 25.3. The maximum Gasteiger partial charge on any atom is 0.323 e. The van der Waals surface area contributed by atoms with Crippen LogP contribution >= 0.6 is 11.8 Å². The minimum atomic E-state index is -0.986. The Labute approximate surface area is 116 Å². The molecule has 0 radical (unpaired) electrons. The van der Waals surface area contributed by atoms with E-state index >= 15 is 0 Å². The van der Waals surface area contributed by atoms with Crippen molar-refractivity contribution in [1.82, 2.24) is 4.90 Å². The third-order valence-corrected chi connectivity index (χ3v) is 3.70. The molecule has 0 atom stereocenters. The molecule has 1 fully saturated rings. The zero-order chi connectivity index (χ0) is 13.8. The number of rotatable bonds is 5. The monoisotopic (exact) mass is 280 g/mol. The Hall–Kier alpha value is -1.69. The van der Waals surface area contributed by atoms with Crippen LogP contribution in [0, 0.1) is 0 Å². The SMILES string of the molecule is CSc1ccccc1NC(=O)N(CC(=O)O)C1CC1. The number of carboxylic acids is 1. The van der Waals surface area contributed by atoms with Crippen molar-refractivity contribution >= 4 is 29.4 Å². The van der Waals surface area contributed by atoms with Crippen molar-refractivity contribution in [3.05, 3.63) is 24.3 Å². The number of amides is 2. The summed E-state index contributed by atoms with van der Waals surface area (Å²) in [5.74, 6) is -0.986. The van der Waals surface area contributed by atoms with Gasteiger partial charge in [-0.3, -0.25) is 4.79 Å². The molecular formula is C13H16N2O3S. The molecule has 2 rings (SSSR count). The predicted octanol–water partition coefficient (Wildman–Crippen LogP) is 2.49. The number of hydrogen-bond acceptors (Lipinski definition) is 3. The van der Waals surface area contributed by atoms with Gasteiger partial charge in [-0.05, 0) is 31.2 Å². The van der Waals surface area contributed by atoms with Crippen molar-refractivity contribution in [2.45, 2.75) is 23.8 Å². The molecule has 1 aliphatic rings. The molecule has 0 aliphatic heterocycles. The van der Waals surface area contributed by atoms with Crippen molar-refractivity contribution in [2.75, 3.05) is 18.1 Å². The van der Waals surface area contributed by atoms with Gasteiger partial charge >= 0.3 is 12.0 Å². The third kappa shape index (κ3) is 3.64. The Kier molecular flexibility index (Phi) is 4.31. The van der Waals surface area contributed by atoms with E-state index in [1.807, 2.05) is 30.5 Å². The van der Waals surface area contributed by atoms with Gasteiger partial charge in [0.15, 0.2) is 0 Å². The standard InChI is InChI=1S/C13H16N2O3S/c1-19-11-5-3-2-4-10(11)14-13(18)15(8-12(16)17)9-6-7-9/h2-5,9H,6-8H2,1H3,(H,14,18)(H,16,17). The van der Waals surface area contributed by atoms with Gasteiger partial charge in [-0.2, -0.15) is 0 Å². The van der Waals surface area contributed by atoms with Crippen LogP contribution in [-0.2, 0) is 4.79 Å². The second-order valence-corrected chi connectivity index (χ2v) is 5.23. The Morgan fingerprint density at radius 2 is 2.11 bits per heavy atom. The van der Waals surface area contributed by atoms with Gasteiger partial charge in [0.1, 0.15) is 6.54 Å². The fourth-order valence-corrected chi connectivity index (χ4v) is 2.39. The first-order valence-corrected chi connectivity index (χ1v) is 7.26. The average molecular weight is 280 g/mol. The highest BCUT2D eigenvalue weighted by Gasteiger charge is 2.34. The van der Waals surface area contributed by atoms with Crippen LogP contribution in [0.5, 0.6) is 0 Å². The van der Waals surface area contributed by atoms with Crippen molar-refractivity contribution in [1.29, 1.82) is 0 Å². The van der Waals surface area contributed by atoms with E-state index in [0.29, 0.717) is 0 Å². The number of benzene rings is 1. The maximum absolute atomic E-state index is 12.1. The zero-order valence-corrected chi connectivity index (χ0v) is 11.4. The van der Waals surface area contributed by atoms with E-state index in [4.69, 9.17) is 5.11 Å². The van der Waals surface area contributed by atoms with Gasteiger partial charge in [-0.25, -0.2) is 4.79 Å². The van der Waals surface area contributed by atoms with Crippen LogP contribution in [0.2, 0.25) is 0 Å². The molecule has 0 unspecified atom stereocenters. The fourth-order valence-electron chi connectivity index (χ4n) is 1.83. The molecule has 0 bridgehead atoms. The number of carbonyl (C=O) groups is 2. The fraction of sp³-hybridized carbons (Fsp3) is 0.385. The minimum absolute atomic E-state index is 0.0672. The van der Waals surface area contributed by atoms with E-state index in [9.17, 15) is 9.59 Å². The summed E-state index contributed by atoms with van der Waals surface area (Å²) in [5.41, 5.74) is 0.719. The molecule has 19 heavy (non-hydrogen) atoms. The second-order valence-electron chi connectivity index (χ2n) is 4.38. The number of thioether (sulfide) groups is 1. The number of urea groups is 1. The summed E-state index contributed by atoms with van der Waals surface area (Å²) in [6.07, 6.45) is 3.69. The van der Waals surface area contributed by atoms with Crippen LogP contribution in [0.25, 0.3) is 0 Å². The van der Waals surface area contributed by atoms with Crippen molar-refractivity contribution < 1.29 is 14.7 Å². The number of anilines is 1. The van der Waals surface area contributed by atoms with E-state index in [0.717, 1.165) is 23.4 Å². The number of aliphatic carboxylic acids is 1. The molecule has 0 heterocycles. The molecule has 0 saturated heterocycles. The van der Waals surface area contributed by atoms with Gasteiger partial charge in [-0.15, -0.1) is 11.8 Å². The molecule has 2 amide bonds. The lowest BCUT2D eigenvalue weighted by atomic mass is 10.3. The van der Waals surface area contributed by atoms with Crippen LogP contribution in [0.3, 0.4) is 0 Å². The second kappa shape index (κ2) is 5.97. The van der Waals surface area contributed by atoms with Crippen molar-refractivity contribution in [3.8, 4) is 0 Å². The number of para-hydroxylation sites is 1. The van der Waals surface area contributed by atoms with Crippen LogP contribution in [-0.4, -0.2) is 40.8 Å². The Balaban J connectivity index is 2.08. The normalized spacial score (nSPS) is 13.9. The topological polar surface area (TPSA) is 69.6 Å². The molecule has 1 aliphatic carbocycles. The van der Waals surface area contributed by atoms with E-state index in [2.05, 4.69) is 5.32 Å². The predicted molar refractivity (Wildman–Crippen MR) is 74.6 cm³/mol. The quantitative estimate of drug-likeness (QED) is 0.813. The van der Waals surface area contributed by atoms with E-state index in [1.54, 1.807) is 0 Å². The molecule has 2 N–H and O–H groups in total. The van der Waals surface area contributed by atoms with Gasteiger partial charge < -0.3 is 15.3 Å². The van der Waals surface area contributed by atoms with Crippen molar-refractivity contribution in [2.24, 2.45) is 0 Å². The number of carbonyl (C=O) groups excluding carboxylic acids is 1. The van der Waals surface area contributed by atoms with Crippen LogP contribution < -0.4 is 5.32 Å². The highest BCUT2D eigenvalue weighted by Crippen LogP contribution is 2.29. The molecule has 5 nitrogen and oxygen atoms in total. The van der Waals surface area contributed by atoms with E-state index in [1.165, 1.54) is 16.7 Å². The molecular weight excluding hydrogens is 264 g/mol. The highest BCUT2D eigenvalue weighted by molar-refractivity contribution is 7.98. The molecule has 1 aromatic carbocycles. The first-order valence-electron chi connectivity index (χ1n) is 6.04. The summed E-state index contributed by atoms with van der Waals surface area (Å²) in [6.45, 7) is -0.252. The molecule has 0 spiro atoms. The lowest BCUT2D eigenvalue weighted by molar-refractivity contribution is -0.137. The van der Waals surface area contributed by atoms with Gasteiger partial charge in [0.2, 0.25) is 0 Å². The Bertz CT molecular complexity index is 489. The lowest BCUT2D eigenvalue weighted by Gasteiger charge is -2.21. The van der Waals surface area contributed by atoms with Gasteiger partial charge in [-0.1, -0.05) is 12.1 Å². The number of nitrogens with one attached hydrogen (secondary N) is 1. The summed E-state index contributed by atoms with van der Waals surface area (Å²) in [6, 6.07) is 7.20. The molecule has 1 saturated carbocycles. The Morgan fingerprint density at radius 1 is 1.42 bits per heavy atom. The summed E-state index contributed by atoms with van der Waals surface area (Å²) < 4.78 is 0. The first kappa shape index (κ1) is 13.7. The molecule has 6 heteroatoms. The van der Waals surface area contributed by atoms with E-state index in [-0.39, 0.29) is 18.6 Å². The Morgan fingerprint density at radius 3 is 2.68 bits per heavy atom. The minimum Gasteiger partial charge on any atom is -0.480 e. The first-order chi connectivity index (χ1) is 9.11. The molecule has 102 valence electrons. The zero-order valence-electron chi connectivity index (χ0n) is 10.6. The van der Waals surface area contributed by atoms with E-state index < -0.39 is 5.97 Å². The average Bonchev–Trinajstić information content (AvgIpc) is 3.20. The summed E-state index contributed by atoms with van der Waals surface area (Å²) in [7, 11) is 0. The third-order valence-electron chi connectivity index (χ3n) is 2.90. The smallest absolute Gasteiger partial charge is 0.323 e. The van der Waals surface area contributed by atoms with Crippen LogP contribution in [0.15, 0.2) is 29.2 Å². The maximum atomic E-state index is 12.1. The van der Waals surface area contributed by atoms with Gasteiger partial charge in [0.05, 0.1) is 5.69 Å². The number of hydrogen-bond donors (Lipinski definition) is 2. The van der Waals surface area contributed by atoms with Gasteiger partial charge in [0, 0.05) is 10.9 Å². The van der Waals surface area contributed by atoms with Crippen LogP contribution in [0.4, 0.5) is 10.5 Å². The van der Waals surface area contributed by atoms with Crippen LogP contribution in [0.1, 0.15) is 12.8 Å². The number of nitrogens with zero attached hydrogens (tertiary/aromatic N) is 1. The highest BCUT2D eigenvalue weighted by atomic mass is 32.2. The van der Waals surface area contributed by atoms with Crippen molar-refractivity contribution in [3.63, 3.8) is 0 Å².